The van der Waals surface area contributed by atoms with Crippen LogP contribution in [0, 0.1) is 6.92 Å². The number of amides is 1. The van der Waals surface area contributed by atoms with Crippen molar-refractivity contribution in [2.75, 3.05) is 23.7 Å². The summed E-state index contributed by atoms with van der Waals surface area (Å²) in [4.78, 5) is 14.2. The number of nitrogens with one attached hydrogen (secondary N) is 1. The van der Waals surface area contributed by atoms with Crippen molar-refractivity contribution in [3.8, 4) is 0 Å². The highest BCUT2D eigenvalue weighted by Crippen LogP contribution is 2.27. The van der Waals surface area contributed by atoms with Gasteiger partial charge in [-0.15, -0.1) is 0 Å². The third kappa shape index (κ3) is 4.55. The SMILES string of the molecule is Cc1ccc(N)c(N2CCCC(NC(=O)OC(C)(C)C)C2)c1. The molecule has 1 atom stereocenters. The first-order valence-corrected chi connectivity index (χ1v) is 7.85. The van der Waals surface area contributed by atoms with E-state index in [1.807, 2.05) is 32.9 Å². The minimum Gasteiger partial charge on any atom is -0.444 e. The molecule has 122 valence electrons. The zero-order valence-electron chi connectivity index (χ0n) is 14.0. The lowest BCUT2D eigenvalue weighted by atomic mass is 10.0. The summed E-state index contributed by atoms with van der Waals surface area (Å²) in [7, 11) is 0. The molecule has 1 fully saturated rings. The Kier molecular flexibility index (Phi) is 4.84. The van der Waals surface area contributed by atoms with Crippen LogP contribution in [0.1, 0.15) is 39.2 Å². The van der Waals surface area contributed by atoms with E-state index in [4.69, 9.17) is 10.5 Å². The average molecular weight is 305 g/mol. The lowest BCUT2D eigenvalue weighted by molar-refractivity contribution is 0.0500. The molecule has 0 radical (unpaired) electrons. The number of benzene rings is 1. The maximum absolute atomic E-state index is 11.9. The number of carbonyl (C=O) groups is 1. The molecule has 22 heavy (non-hydrogen) atoms. The second-order valence-corrected chi connectivity index (χ2v) is 6.99. The molecule has 0 aromatic heterocycles. The summed E-state index contributed by atoms with van der Waals surface area (Å²) in [6.45, 7) is 9.38. The third-order valence-electron chi connectivity index (χ3n) is 3.67. The van der Waals surface area contributed by atoms with Gasteiger partial charge in [-0.3, -0.25) is 0 Å². The van der Waals surface area contributed by atoms with Crippen LogP contribution < -0.4 is 16.0 Å². The largest absolute Gasteiger partial charge is 0.444 e. The van der Waals surface area contributed by atoms with E-state index < -0.39 is 5.60 Å². The molecule has 1 amide bonds. The first kappa shape index (κ1) is 16.5. The Bertz CT molecular complexity index is 537. The first-order valence-electron chi connectivity index (χ1n) is 7.85. The second-order valence-electron chi connectivity index (χ2n) is 6.99. The number of carbonyl (C=O) groups excluding carboxylic acids is 1. The maximum Gasteiger partial charge on any atom is 0.407 e. The van der Waals surface area contributed by atoms with Gasteiger partial charge in [-0.25, -0.2) is 4.79 Å². The molecule has 1 aliphatic heterocycles. The van der Waals surface area contributed by atoms with Gasteiger partial charge in [-0.2, -0.15) is 0 Å². The molecule has 1 unspecified atom stereocenters. The van der Waals surface area contributed by atoms with Crippen molar-refractivity contribution in [1.82, 2.24) is 5.32 Å². The molecular weight excluding hydrogens is 278 g/mol. The Morgan fingerprint density at radius 1 is 1.41 bits per heavy atom. The molecule has 1 aliphatic rings. The van der Waals surface area contributed by atoms with Crippen LogP contribution in [0.5, 0.6) is 0 Å². The zero-order valence-corrected chi connectivity index (χ0v) is 14.0. The lowest BCUT2D eigenvalue weighted by Gasteiger charge is -2.35. The van der Waals surface area contributed by atoms with Gasteiger partial charge in [0.15, 0.2) is 0 Å². The van der Waals surface area contributed by atoms with Crippen LogP contribution in [-0.2, 0) is 4.74 Å². The van der Waals surface area contributed by atoms with E-state index in [-0.39, 0.29) is 12.1 Å². The van der Waals surface area contributed by atoms with Gasteiger partial charge in [0.2, 0.25) is 0 Å². The number of hydrogen-bond donors (Lipinski definition) is 2. The summed E-state index contributed by atoms with van der Waals surface area (Å²) < 4.78 is 5.33. The highest BCUT2D eigenvalue weighted by Gasteiger charge is 2.25. The molecule has 0 spiro atoms. The molecule has 5 heteroatoms. The standard InChI is InChI=1S/C17H27N3O2/c1-12-7-8-14(18)15(10-12)20-9-5-6-13(11-20)19-16(21)22-17(2,3)4/h7-8,10,13H,5-6,9,11,18H2,1-4H3,(H,19,21). The summed E-state index contributed by atoms with van der Waals surface area (Å²) in [5, 5.41) is 2.97. The lowest BCUT2D eigenvalue weighted by Crippen LogP contribution is -2.49. The van der Waals surface area contributed by atoms with Crippen LogP contribution in [0.2, 0.25) is 0 Å². The number of nitrogens with two attached hydrogens (primary N) is 1. The number of aryl methyl sites for hydroxylation is 1. The van der Waals surface area contributed by atoms with Gasteiger partial charge in [0.05, 0.1) is 11.4 Å². The number of rotatable bonds is 2. The van der Waals surface area contributed by atoms with Crippen LogP contribution in [0.3, 0.4) is 0 Å². The molecule has 1 heterocycles. The van der Waals surface area contributed by atoms with Crippen molar-refractivity contribution in [1.29, 1.82) is 0 Å². The number of anilines is 2. The third-order valence-corrected chi connectivity index (χ3v) is 3.67. The number of hydrogen-bond acceptors (Lipinski definition) is 4. The minimum atomic E-state index is -0.473. The molecule has 0 saturated carbocycles. The Morgan fingerprint density at radius 2 is 2.14 bits per heavy atom. The second kappa shape index (κ2) is 6.46. The van der Waals surface area contributed by atoms with Crippen molar-refractivity contribution >= 4 is 17.5 Å². The first-order chi connectivity index (χ1) is 10.2. The number of piperidine rings is 1. The summed E-state index contributed by atoms with van der Waals surface area (Å²) >= 11 is 0. The molecule has 1 saturated heterocycles. The Labute approximate surface area is 132 Å². The van der Waals surface area contributed by atoms with Gasteiger partial charge in [-0.1, -0.05) is 6.07 Å². The zero-order chi connectivity index (χ0) is 16.3. The highest BCUT2D eigenvalue weighted by atomic mass is 16.6. The van der Waals surface area contributed by atoms with E-state index in [9.17, 15) is 4.79 Å². The van der Waals surface area contributed by atoms with Crippen molar-refractivity contribution in [2.45, 2.75) is 52.2 Å². The summed E-state index contributed by atoms with van der Waals surface area (Å²) in [6, 6.07) is 6.14. The average Bonchev–Trinajstić information content (AvgIpc) is 2.39. The van der Waals surface area contributed by atoms with E-state index in [1.165, 1.54) is 5.56 Å². The molecule has 3 N–H and O–H groups in total. The molecule has 5 nitrogen and oxygen atoms in total. The predicted molar refractivity (Wildman–Crippen MR) is 90.2 cm³/mol. The number of ether oxygens (including phenoxy) is 1. The van der Waals surface area contributed by atoms with Crippen LogP contribution in [0.15, 0.2) is 18.2 Å². The molecule has 1 aromatic rings. The number of alkyl carbamates (subject to hydrolysis) is 1. The van der Waals surface area contributed by atoms with Gasteiger partial charge in [0, 0.05) is 19.1 Å². The molecular formula is C17H27N3O2. The monoisotopic (exact) mass is 305 g/mol. The Morgan fingerprint density at radius 3 is 2.82 bits per heavy atom. The van der Waals surface area contributed by atoms with E-state index >= 15 is 0 Å². The van der Waals surface area contributed by atoms with E-state index in [2.05, 4.69) is 23.2 Å². The topological polar surface area (TPSA) is 67.6 Å². The van der Waals surface area contributed by atoms with Crippen LogP contribution in [0.4, 0.5) is 16.2 Å². The van der Waals surface area contributed by atoms with Crippen molar-refractivity contribution in [3.63, 3.8) is 0 Å². The number of nitrogen functional groups attached to an aromatic ring is 1. The Balaban J connectivity index is 2.00. The summed E-state index contributed by atoms with van der Waals surface area (Å²) in [5.74, 6) is 0. The summed E-state index contributed by atoms with van der Waals surface area (Å²) in [5.41, 5.74) is 8.64. The van der Waals surface area contributed by atoms with Gasteiger partial charge in [0.25, 0.3) is 0 Å². The highest BCUT2D eigenvalue weighted by molar-refractivity contribution is 5.70. The van der Waals surface area contributed by atoms with Crippen molar-refractivity contribution < 1.29 is 9.53 Å². The van der Waals surface area contributed by atoms with Gasteiger partial charge in [0.1, 0.15) is 5.60 Å². The molecule has 0 aliphatic carbocycles. The molecule has 2 rings (SSSR count). The van der Waals surface area contributed by atoms with Crippen LogP contribution in [0.25, 0.3) is 0 Å². The van der Waals surface area contributed by atoms with Gasteiger partial charge >= 0.3 is 6.09 Å². The number of nitrogens with zero attached hydrogens (tertiary/aromatic N) is 1. The van der Waals surface area contributed by atoms with E-state index in [1.54, 1.807) is 0 Å². The maximum atomic E-state index is 11.9. The normalized spacial score (nSPS) is 18.9. The summed E-state index contributed by atoms with van der Waals surface area (Å²) in [6.07, 6.45) is 1.63. The quantitative estimate of drug-likeness (QED) is 0.824. The predicted octanol–water partition coefficient (Wildman–Crippen LogP) is 3.07. The molecule has 1 aromatic carbocycles. The Hall–Kier alpha value is -1.91. The fraction of sp³-hybridized carbons (Fsp3) is 0.588. The van der Waals surface area contributed by atoms with Gasteiger partial charge < -0.3 is 20.7 Å². The van der Waals surface area contributed by atoms with Crippen molar-refractivity contribution in [3.05, 3.63) is 23.8 Å². The van der Waals surface area contributed by atoms with Crippen molar-refractivity contribution in [2.24, 2.45) is 0 Å². The van der Waals surface area contributed by atoms with E-state index in [0.29, 0.717) is 0 Å². The van der Waals surface area contributed by atoms with Crippen LogP contribution >= 0.6 is 0 Å². The fourth-order valence-electron chi connectivity index (χ4n) is 2.72. The fourth-order valence-corrected chi connectivity index (χ4v) is 2.72. The van der Waals surface area contributed by atoms with E-state index in [0.717, 1.165) is 37.3 Å². The minimum absolute atomic E-state index is 0.0866. The molecule has 0 bridgehead atoms. The van der Waals surface area contributed by atoms with Crippen LogP contribution in [-0.4, -0.2) is 30.8 Å². The van der Waals surface area contributed by atoms with Gasteiger partial charge in [-0.05, 0) is 58.2 Å². The smallest absolute Gasteiger partial charge is 0.407 e.